The van der Waals surface area contributed by atoms with Gasteiger partial charge in [-0.05, 0) is 75.4 Å². The number of amides is 1. The number of nitrogens with one attached hydrogen (secondary N) is 1. The van der Waals surface area contributed by atoms with Crippen LogP contribution >= 0.6 is 0 Å². The fourth-order valence-corrected chi connectivity index (χ4v) is 6.52. The van der Waals surface area contributed by atoms with Gasteiger partial charge >= 0.3 is 0 Å². The van der Waals surface area contributed by atoms with Crippen molar-refractivity contribution in [3.8, 4) is 11.5 Å². The van der Waals surface area contributed by atoms with Gasteiger partial charge in [-0.25, -0.2) is 8.42 Å². The number of benzene rings is 2. The first kappa shape index (κ1) is 22.6. The maximum atomic E-state index is 13.4. The largest absolute Gasteiger partial charge is 0.497 e. The monoisotopic (exact) mass is 458 g/mol. The third kappa shape index (κ3) is 4.61. The molecule has 32 heavy (non-hydrogen) atoms. The molecule has 0 unspecified atom stereocenters. The molecule has 0 aromatic heterocycles. The van der Waals surface area contributed by atoms with Gasteiger partial charge in [0.25, 0.3) is 0 Å². The lowest BCUT2D eigenvalue weighted by molar-refractivity contribution is -0.125. The number of carbonyl (C=O) groups is 1. The maximum absolute atomic E-state index is 13.4. The lowest BCUT2D eigenvalue weighted by Gasteiger charge is -2.48. The van der Waals surface area contributed by atoms with Crippen LogP contribution in [0.1, 0.15) is 33.1 Å². The van der Waals surface area contributed by atoms with Crippen LogP contribution in [0, 0.1) is 11.8 Å². The fourth-order valence-electron chi connectivity index (χ4n) is 4.72. The van der Waals surface area contributed by atoms with Gasteiger partial charge in [-0.15, -0.1) is 0 Å². The van der Waals surface area contributed by atoms with Gasteiger partial charge < -0.3 is 14.8 Å². The molecule has 1 saturated carbocycles. The van der Waals surface area contributed by atoms with E-state index in [1.54, 1.807) is 30.3 Å². The molecule has 8 heteroatoms. The molecular weight excluding hydrogens is 428 g/mol. The van der Waals surface area contributed by atoms with E-state index in [1.807, 2.05) is 26.0 Å². The van der Waals surface area contributed by atoms with Crippen molar-refractivity contribution in [3.05, 3.63) is 48.5 Å². The molecule has 2 aliphatic heterocycles. The van der Waals surface area contributed by atoms with Crippen LogP contribution in [0.5, 0.6) is 11.5 Å². The van der Waals surface area contributed by atoms with E-state index in [0.717, 1.165) is 12.2 Å². The number of hydrogen-bond acceptors (Lipinski definition) is 5. The normalized spacial score (nSPS) is 23.2. The number of sulfonamides is 1. The van der Waals surface area contributed by atoms with Crippen LogP contribution < -0.4 is 14.8 Å². The van der Waals surface area contributed by atoms with E-state index in [1.165, 1.54) is 17.5 Å². The Morgan fingerprint density at radius 1 is 1.09 bits per heavy atom. The molecule has 2 saturated heterocycles. The number of rotatable bonds is 7. The molecule has 1 N–H and O–H groups in total. The lowest BCUT2D eigenvalue weighted by Crippen LogP contribution is -2.57. The summed E-state index contributed by atoms with van der Waals surface area (Å²) in [6.45, 7) is 4.37. The summed E-state index contributed by atoms with van der Waals surface area (Å²) < 4.78 is 39.2. The minimum absolute atomic E-state index is 0.0748. The first-order chi connectivity index (χ1) is 15.3. The molecule has 0 radical (unpaired) electrons. The predicted octanol–water partition coefficient (Wildman–Crippen LogP) is 3.91. The first-order valence-electron chi connectivity index (χ1n) is 11.0. The predicted molar refractivity (Wildman–Crippen MR) is 122 cm³/mol. The summed E-state index contributed by atoms with van der Waals surface area (Å²) in [6.07, 6.45) is 2.41. The van der Waals surface area contributed by atoms with E-state index in [9.17, 15) is 13.2 Å². The SMILES string of the molecule is COc1cccc(S(=O)(=O)N2C[C@H]3CC[C@H]2[C@H](C(=O)Nc2ccc(OC(C)C)cc2)C3)c1. The van der Waals surface area contributed by atoms with Gasteiger partial charge in [0.05, 0.1) is 24.0 Å². The third-order valence-electron chi connectivity index (χ3n) is 6.21. The summed E-state index contributed by atoms with van der Waals surface area (Å²) in [5.74, 6) is 0.896. The van der Waals surface area contributed by atoms with Gasteiger partial charge in [0.1, 0.15) is 11.5 Å². The Labute approximate surface area is 189 Å². The molecule has 5 rings (SSSR count). The highest BCUT2D eigenvalue weighted by Crippen LogP contribution is 2.42. The number of methoxy groups -OCH3 is 1. The highest BCUT2D eigenvalue weighted by molar-refractivity contribution is 7.89. The minimum Gasteiger partial charge on any atom is -0.497 e. The van der Waals surface area contributed by atoms with Crippen molar-refractivity contribution >= 4 is 21.6 Å². The number of hydrogen-bond donors (Lipinski definition) is 1. The smallest absolute Gasteiger partial charge is 0.243 e. The molecule has 2 aromatic rings. The summed E-state index contributed by atoms with van der Waals surface area (Å²) in [5.41, 5.74) is 0.676. The second-order valence-electron chi connectivity index (χ2n) is 8.79. The topological polar surface area (TPSA) is 84.9 Å². The number of carbonyl (C=O) groups excluding carboxylic acids is 1. The van der Waals surface area contributed by atoms with Crippen LogP contribution in [0.25, 0.3) is 0 Å². The molecule has 3 atom stereocenters. The molecular formula is C24H30N2O5S. The standard InChI is InChI=1S/C24H30N2O5S/c1-16(2)31-19-10-8-18(9-11-19)25-24(27)22-13-17-7-12-23(22)26(15-17)32(28,29)21-6-4-5-20(14-21)30-3/h4-6,8-11,14,16-17,22-23H,7,12-13,15H2,1-3H3,(H,25,27)/t17-,22+,23-/m0/s1. The zero-order valence-corrected chi connectivity index (χ0v) is 19.5. The highest BCUT2D eigenvalue weighted by Gasteiger charge is 2.48. The number of fused-ring (bicyclic) bond motifs is 3. The van der Waals surface area contributed by atoms with Gasteiger partial charge in [0.2, 0.25) is 15.9 Å². The Morgan fingerprint density at radius 3 is 2.50 bits per heavy atom. The second-order valence-corrected chi connectivity index (χ2v) is 10.7. The Morgan fingerprint density at radius 2 is 1.84 bits per heavy atom. The third-order valence-corrected chi connectivity index (χ3v) is 8.10. The Bertz CT molecular complexity index is 1070. The molecule has 2 bridgehead atoms. The number of anilines is 1. The Kier molecular flexibility index (Phi) is 6.44. The van der Waals surface area contributed by atoms with Gasteiger partial charge in [-0.2, -0.15) is 4.31 Å². The first-order valence-corrected chi connectivity index (χ1v) is 12.5. The molecule has 2 heterocycles. The van der Waals surface area contributed by atoms with E-state index in [-0.39, 0.29) is 34.8 Å². The second kappa shape index (κ2) is 9.11. The number of piperidine rings is 2. The van der Waals surface area contributed by atoms with E-state index < -0.39 is 10.0 Å². The fraction of sp³-hybridized carbons (Fsp3) is 0.458. The average Bonchev–Trinajstić information content (AvgIpc) is 2.80. The lowest BCUT2D eigenvalue weighted by atomic mass is 9.73. The van der Waals surface area contributed by atoms with Crippen LogP contribution in [0.3, 0.4) is 0 Å². The van der Waals surface area contributed by atoms with Crippen LogP contribution in [-0.4, -0.2) is 44.4 Å². The van der Waals surface area contributed by atoms with Gasteiger partial charge in [0, 0.05) is 24.3 Å². The van der Waals surface area contributed by atoms with Gasteiger partial charge in [-0.1, -0.05) is 6.07 Å². The molecule has 1 amide bonds. The highest BCUT2D eigenvalue weighted by atomic mass is 32.2. The van der Waals surface area contributed by atoms with E-state index in [0.29, 0.717) is 30.8 Å². The zero-order chi connectivity index (χ0) is 22.9. The summed E-state index contributed by atoms with van der Waals surface area (Å²) in [4.78, 5) is 13.3. The zero-order valence-electron chi connectivity index (χ0n) is 18.7. The average molecular weight is 459 g/mol. The van der Waals surface area contributed by atoms with Crippen molar-refractivity contribution in [1.82, 2.24) is 4.31 Å². The van der Waals surface area contributed by atoms with Crippen LogP contribution in [0.2, 0.25) is 0 Å². The molecule has 172 valence electrons. The molecule has 1 aliphatic carbocycles. The van der Waals surface area contributed by atoms with Crippen molar-refractivity contribution < 1.29 is 22.7 Å². The molecule has 7 nitrogen and oxygen atoms in total. The molecule has 3 aliphatic rings. The summed E-state index contributed by atoms with van der Waals surface area (Å²) in [7, 11) is -2.21. The summed E-state index contributed by atoms with van der Waals surface area (Å²) in [5, 5.41) is 2.97. The summed E-state index contributed by atoms with van der Waals surface area (Å²) >= 11 is 0. The van der Waals surface area contributed by atoms with Gasteiger partial charge in [-0.3, -0.25) is 4.79 Å². The van der Waals surface area contributed by atoms with Crippen LogP contribution in [0.15, 0.2) is 53.4 Å². The van der Waals surface area contributed by atoms with Crippen molar-refractivity contribution in [3.63, 3.8) is 0 Å². The maximum Gasteiger partial charge on any atom is 0.243 e. The number of ether oxygens (including phenoxy) is 2. The van der Waals surface area contributed by atoms with Crippen molar-refractivity contribution in [2.24, 2.45) is 11.8 Å². The quantitative estimate of drug-likeness (QED) is 0.680. The molecule has 0 spiro atoms. The van der Waals surface area contributed by atoms with Crippen molar-refractivity contribution in [2.75, 3.05) is 19.0 Å². The Balaban J connectivity index is 1.51. The van der Waals surface area contributed by atoms with E-state index >= 15 is 0 Å². The number of nitrogens with zero attached hydrogens (tertiary/aromatic N) is 1. The molecule has 3 fully saturated rings. The van der Waals surface area contributed by atoms with E-state index in [2.05, 4.69) is 5.32 Å². The van der Waals surface area contributed by atoms with Crippen molar-refractivity contribution in [2.45, 2.75) is 50.2 Å². The Hall–Kier alpha value is -2.58. The minimum atomic E-state index is -3.73. The van der Waals surface area contributed by atoms with Crippen LogP contribution in [-0.2, 0) is 14.8 Å². The summed E-state index contributed by atoms with van der Waals surface area (Å²) in [6, 6.07) is 13.4. The van der Waals surface area contributed by atoms with Crippen LogP contribution in [0.4, 0.5) is 5.69 Å². The van der Waals surface area contributed by atoms with Gasteiger partial charge in [0.15, 0.2) is 0 Å². The molecule has 2 aromatic carbocycles. The van der Waals surface area contributed by atoms with E-state index in [4.69, 9.17) is 9.47 Å². The van der Waals surface area contributed by atoms with Crippen molar-refractivity contribution in [1.29, 1.82) is 0 Å².